The Bertz CT molecular complexity index is 991. The van der Waals surface area contributed by atoms with Gasteiger partial charge in [0.05, 0.1) is 10.6 Å². The number of hydrogen-bond acceptors (Lipinski definition) is 3. The molecule has 10 heteroatoms. The molecule has 0 aliphatic carbocycles. The fraction of sp³-hybridized carbons (Fsp3) is 0.111. The average molecular weight is 430 g/mol. The Morgan fingerprint density at radius 1 is 1.14 bits per heavy atom. The first kappa shape index (κ1) is 20.0. The van der Waals surface area contributed by atoms with Gasteiger partial charge in [-0.05, 0) is 23.8 Å². The Hall–Kier alpha value is -2.71. The van der Waals surface area contributed by atoms with Gasteiger partial charge in [0.25, 0.3) is 5.91 Å². The second-order valence-electron chi connectivity index (χ2n) is 5.60. The highest BCUT2D eigenvalue weighted by molar-refractivity contribution is 6.35. The molecule has 2 N–H and O–H groups in total. The molecule has 0 aliphatic heterocycles. The summed E-state index contributed by atoms with van der Waals surface area (Å²) < 4.78 is 45.2. The number of ether oxygens (including phenoxy) is 1. The average Bonchev–Trinajstić information content (AvgIpc) is 3.05. The number of hydrogen-bond donors (Lipinski definition) is 2. The molecule has 0 radical (unpaired) electrons. The van der Waals surface area contributed by atoms with Crippen molar-refractivity contribution in [3.63, 3.8) is 0 Å². The van der Waals surface area contributed by atoms with E-state index in [0.717, 1.165) is 0 Å². The van der Waals surface area contributed by atoms with Gasteiger partial charge >= 0.3 is 6.18 Å². The Morgan fingerprint density at radius 3 is 2.50 bits per heavy atom. The molecule has 0 aliphatic rings. The van der Waals surface area contributed by atoms with Crippen LogP contribution in [-0.2, 0) is 11.0 Å². The number of carbonyl (C=O) groups is 1. The number of rotatable bonds is 5. The Balaban J connectivity index is 1.80. The third kappa shape index (κ3) is 4.58. The molecule has 0 bridgehead atoms. The molecule has 0 atom stereocenters. The number of carbonyl (C=O) groups excluding carboxylic acids is 1. The van der Waals surface area contributed by atoms with Crippen molar-refractivity contribution in [2.24, 2.45) is 0 Å². The summed E-state index contributed by atoms with van der Waals surface area (Å²) in [5, 5.41) is 8.47. The van der Waals surface area contributed by atoms with Crippen molar-refractivity contribution in [3.05, 3.63) is 64.3 Å². The molecular formula is C18H12Cl2F3N3O2. The fourth-order valence-electron chi connectivity index (χ4n) is 2.43. The molecule has 146 valence electrons. The Morgan fingerprint density at radius 2 is 1.86 bits per heavy atom. The van der Waals surface area contributed by atoms with Crippen LogP contribution in [0, 0.1) is 0 Å². The van der Waals surface area contributed by atoms with Gasteiger partial charge in [-0.2, -0.15) is 18.3 Å². The minimum Gasteiger partial charge on any atom is -0.482 e. The summed E-state index contributed by atoms with van der Waals surface area (Å²) in [7, 11) is 0. The van der Waals surface area contributed by atoms with Crippen LogP contribution in [0.4, 0.5) is 19.0 Å². The number of aromatic nitrogens is 2. The number of halogens is 5. The van der Waals surface area contributed by atoms with Crippen molar-refractivity contribution in [1.82, 2.24) is 10.2 Å². The predicted molar refractivity (Wildman–Crippen MR) is 99.6 cm³/mol. The minimum absolute atomic E-state index is 0.199. The predicted octanol–water partition coefficient (Wildman–Crippen LogP) is 5.42. The van der Waals surface area contributed by atoms with Crippen molar-refractivity contribution in [3.8, 4) is 16.9 Å². The standard InChI is InChI=1S/C18H12Cl2F3N3O2/c19-11-6-7-13(12(20)8-11)28-9-14(27)24-17-15(10-4-2-1-3-5-10)16(25-26-17)18(21,22)23/h1-8H,9H2,(H2,24,25,26,27). The topological polar surface area (TPSA) is 67.0 Å². The molecule has 0 saturated heterocycles. The van der Waals surface area contributed by atoms with Crippen molar-refractivity contribution >= 4 is 34.9 Å². The van der Waals surface area contributed by atoms with E-state index < -0.39 is 24.4 Å². The van der Waals surface area contributed by atoms with Crippen LogP contribution in [0.1, 0.15) is 5.69 Å². The van der Waals surface area contributed by atoms with Crippen LogP contribution in [0.3, 0.4) is 0 Å². The molecule has 1 aromatic heterocycles. The zero-order valence-electron chi connectivity index (χ0n) is 14.0. The maximum absolute atomic E-state index is 13.3. The van der Waals surface area contributed by atoms with Crippen LogP contribution in [0.2, 0.25) is 10.0 Å². The van der Waals surface area contributed by atoms with Gasteiger partial charge in [0.15, 0.2) is 12.4 Å². The Kier molecular flexibility index (Phi) is 5.81. The highest BCUT2D eigenvalue weighted by atomic mass is 35.5. The van der Waals surface area contributed by atoms with E-state index in [1.165, 1.54) is 30.3 Å². The summed E-state index contributed by atoms with van der Waals surface area (Å²) in [5.74, 6) is -0.750. The van der Waals surface area contributed by atoms with E-state index in [2.05, 4.69) is 10.4 Å². The smallest absolute Gasteiger partial charge is 0.433 e. The lowest BCUT2D eigenvalue weighted by molar-refractivity contribution is -0.140. The van der Waals surface area contributed by atoms with Gasteiger partial charge in [0.1, 0.15) is 11.4 Å². The van der Waals surface area contributed by atoms with Gasteiger partial charge in [0.2, 0.25) is 0 Å². The summed E-state index contributed by atoms with van der Waals surface area (Å²) in [6, 6.07) is 12.2. The summed E-state index contributed by atoms with van der Waals surface area (Å²) >= 11 is 11.7. The first-order valence-corrected chi connectivity index (χ1v) is 8.60. The molecule has 0 unspecified atom stereocenters. The van der Waals surface area contributed by atoms with Crippen LogP contribution in [-0.4, -0.2) is 22.7 Å². The first-order chi connectivity index (χ1) is 13.3. The molecule has 2 aromatic carbocycles. The maximum Gasteiger partial charge on any atom is 0.433 e. The normalized spacial score (nSPS) is 11.3. The minimum atomic E-state index is -4.67. The largest absolute Gasteiger partial charge is 0.482 e. The summed E-state index contributed by atoms with van der Waals surface area (Å²) in [6.07, 6.45) is -4.67. The van der Waals surface area contributed by atoms with E-state index in [1.807, 2.05) is 5.10 Å². The maximum atomic E-state index is 13.3. The second kappa shape index (κ2) is 8.12. The molecule has 5 nitrogen and oxygen atoms in total. The number of nitrogens with one attached hydrogen (secondary N) is 2. The highest BCUT2D eigenvalue weighted by Gasteiger charge is 2.38. The molecule has 0 fully saturated rings. The zero-order chi connectivity index (χ0) is 20.3. The SMILES string of the molecule is O=C(COc1ccc(Cl)cc1Cl)Nc1n[nH]c(C(F)(F)F)c1-c1ccccc1. The number of amides is 1. The summed E-state index contributed by atoms with van der Waals surface area (Å²) in [5.41, 5.74) is -1.07. The molecule has 28 heavy (non-hydrogen) atoms. The van der Waals surface area contributed by atoms with Gasteiger partial charge in [-0.1, -0.05) is 53.5 Å². The van der Waals surface area contributed by atoms with Crippen molar-refractivity contribution < 1.29 is 22.7 Å². The Labute approximate surface area is 167 Å². The quantitative estimate of drug-likeness (QED) is 0.568. The van der Waals surface area contributed by atoms with Crippen LogP contribution in [0.25, 0.3) is 11.1 Å². The lowest BCUT2D eigenvalue weighted by atomic mass is 10.1. The van der Waals surface area contributed by atoms with Gasteiger partial charge in [-0.15, -0.1) is 0 Å². The number of aromatic amines is 1. The number of anilines is 1. The number of H-pyrrole nitrogens is 1. The zero-order valence-corrected chi connectivity index (χ0v) is 15.5. The lowest BCUT2D eigenvalue weighted by Gasteiger charge is -2.11. The van der Waals surface area contributed by atoms with Gasteiger partial charge in [-0.25, -0.2) is 0 Å². The number of nitrogens with zero attached hydrogens (tertiary/aromatic N) is 1. The molecule has 3 aromatic rings. The molecule has 0 saturated carbocycles. The van der Waals surface area contributed by atoms with Crippen LogP contribution >= 0.6 is 23.2 Å². The van der Waals surface area contributed by atoms with Gasteiger partial charge in [0, 0.05) is 5.02 Å². The van der Waals surface area contributed by atoms with Crippen LogP contribution in [0.15, 0.2) is 48.5 Å². The first-order valence-electron chi connectivity index (χ1n) is 7.84. The van der Waals surface area contributed by atoms with Crippen molar-refractivity contribution in [2.45, 2.75) is 6.18 Å². The van der Waals surface area contributed by atoms with E-state index in [1.54, 1.807) is 18.2 Å². The lowest BCUT2D eigenvalue weighted by Crippen LogP contribution is -2.21. The third-order valence-corrected chi connectivity index (χ3v) is 4.15. The van der Waals surface area contributed by atoms with E-state index in [0.29, 0.717) is 5.02 Å². The van der Waals surface area contributed by atoms with Crippen molar-refractivity contribution in [2.75, 3.05) is 11.9 Å². The van der Waals surface area contributed by atoms with Gasteiger partial charge < -0.3 is 10.1 Å². The third-order valence-electron chi connectivity index (χ3n) is 3.62. The molecule has 0 spiro atoms. The fourth-order valence-corrected chi connectivity index (χ4v) is 2.89. The van der Waals surface area contributed by atoms with E-state index in [-0.39, 0.29) is 27.7 Å². The van der Waals surface area contributed by atoms with Crippen molar-refractivity contribution in [1.29, 1.82) is 0 Å². The monoisotopic (exact) mass is 429 g/mol. The van der Waals surface area contributed by atoms with E-state index in [9.17, 15) is 18.0 Å². The number of benzene rings is 2. The van der Waals surface area contributed by atoms with Crippen LogP contribution < -0.4 is 10.1 Å². The molecule has 1 heterocycles. The molecule has 3 rings (SSSR count). The summed E-state index contributed by atoms with van der Waals surface area (Å²) in [4.78, 5) is 12.2. The summed E-state index contributed by atoms with van der Waals surface area (Å²) in [6.45, 7) is -0.482. The van der Waals surface area contributed by atoms with Gasteiger partial charge in [-0.3, -0.25) is 9.89 Å². The molecular weight excluding hydrogens is 418 g/mol. The van der Waals surface area contributed by atoms with E-state index >= 15 is 0 Å². The second-order valence-corrected chi connectivity index (χ2v) is 6.44. The molecule has 1 amide bonds. The van der Waals surface area contributed by atoms with Crippen LogP contribution in [0.5, 0.6) is 5.75 Å². The number of alkyl halides is 3. The van der Waals surface area contributed by atoms with E-state index in [4.69, 9.17) is 27.9 Å². The highest BCUT2D eigenvalue weighted by Crippen LogP contribution is 2.39.